The third kappa shape index (κ3) is 3.29. The number of nitrogens with one attached hydrogen (secondary N) is 1. The van der Waals surface area contributed by atoms with Gasteiger partial charge >= 0.3 is 0 Å². The lowest BCUT2D eigenvalue weighted by atomic mass is 9.89. The predicted octanol–water partition coefficient (Wildman–Crippen LogP) is 4.83. The van der Waals surface area contributed by atoms with Crippen LogP contribution in [0, 0.1) is 11.8 Å². The second kappa shape index (κ2) is 5.80. The van der Waals surface area contributed by atoms with E-state index in [1.807, 2.05) is 7.05 Å². The minimum Gasteiger partial charge on any atom is -0.312 e. The van der Waals surface area contributed by atoms with E-state index in [2.05, 4.69) is 64.0 Å². The first-order valence-electron chi connectivity index (χ1n) is 5.09. The molecule has 0 aliphatic heterocycles. The third-order valence-electron chi connectivity index (χ3n) is 2.86. The van der Waals surface area contributed by atoms with Crippen LogP contribution in [0.4, 0.5) is 0 Å². The molecule has 4 heteroatoms. The molecule has 1 rings (SSSR count). The van der Waals surface area contributed by atoms with Crippen LogP contribution in [0.25, 0.3) is 0 Å². The van der Waals surface area contributed by atoms with Gasteiger partial charge < -0.3 is 5.32 Å². The smallest absolute Gasteiger partial charge is 0.0843 e. The molecule has 0 fully saturated rings. The lowest BCUT2D eigenvalue weighted by Crippen LogP contribution is -2.25. The van der Waals surface area contributed by atoms with E-state index in [0.717, 1.165) is 4.47 Å². The van der Waals surface area contributed by atoms with E-state index in [4.69, 9.17) is 0 Å². The average molecular weight is 355 g/mol. The summed E-state index contributed by atoms with van der Waals surface area (Å²) >= 11 is 8.88. The normalized spacial score (nSPS) is 15.7. The molecule has 0 amide bonds. The van der Waals surface area contributed by atoms with Crippen molar-refractivity contribution in [3.8, 4) is 0 Å². The molecule has 0 aliphatic carbocycles. The van der Waals surface area contributed by atoms with Gasteiger partial charge in [0.1, 0.15) is 0 Å². The number of halogens is 2. The van der Waals surface area contributed by atoms with E-state index in [1.54, 1.807) is 11.3 Å². The molecular formula is C11H17Br2NS. The lowest BCUT2D eigenvalue weighted by molar-refractivity contribution is 0.320. The predicted molar refractivity (Wildman–Crippen MR) is 75.5 cm³/mol. The molecule has 0 radical (unpaired) electrons. The van der Waals surface area contributed by atoms with Crippen LogP contribution in [-0.4, -0.2) is 7.05 Å². The highest BCUT2D eigenvalue weighted by Gasteiger charge is 2.22. The molecule has 0 saturated carbocycles. The molecule has 86 valence electrons. The maximum atomic E-state index is 3.54. The minimum absolute atomic E-state index is 0.442. The van der Waals surface area contributed by atoms with Crippen molar-refractivity contribution in [2.24, 2.45) is 11.8 Å². The van der Waals surface area contributed by atoms with Gasteiger partial charge in [-0.15, -0.1) is 11.3 Å². The third-order valence-corrected chi connectivity index (χ3v) is 6.20. The Labute approximate surface area is 113 Å². The first-order valence-corrected chi connectivity index (χ1v) is 7.49. The van der Waals surface area contributed by atoms with Crippen LogP contribution < -0.4 is 5.32 Å². The summed E-state index contributed by atoms with van der Waals surface area (Å²) < 4.78 is 2.33. The van der Waals surface area contributed by atoms with E-state index in [0.29, 0.717) is 17.9 Å². The van der Waals surface area contributed by atoms with E-state index >= 15 is 0 Å². The minimum atomic E-state index is 0.442. The zero-order valence-electron chi connectivity index (χ0n) is 9.47. The lowest BCUT2D eigenvalue weighted by Gasteiger charge is -2.25. The molecule has 1 aromatic heterocycles. The second-order valence-corrected chi connectivity index (χ2v) is 7.40. The fraction of sp³-hybridized carbons (Fsp3) is 0.636. The highest BCUT2D eigenvalue weighted by atomic mass is 79.9. The fourth-order valence-electron chi connectivity index (χ4n) is 1.57. The van der Waals surface area contributed by atoms with Crippen molar-refractivity contribution in [1.82, 2.24) is 5.32 Å². The van der Waals surface area contributed by atoms with Crippen molar-refractivity contribution in [2.45, 2.75) is 26.8 Å². The van der Waals surface area contributed by atoms with Crippen molar-refractivity contribution in [3.05, 3.63) is 19.2 Å². The van der Waals surface area contributed by atoms with Crippen molar-refractivity contribution >= 4 is 43.2 Å². The van der Waals surface area contributed by atoms with E-state index in [1.165, 1.54) is 8.66 Å². The molecule has 1 aromatic rings. The molecule has 0 aliphatic rings. The van der Waals surface area contributed by atoms with Crippen molar-refractivity contribution < 1.29 is 0 Å². The summed E-state index contributed by atoms with van der Waals surface area (Å²) in [7, 11) is 2.03. The zero-order valence-corrected chi connectivity index (χ0v) is 13.5. The number of hydrogen-bond acceptors (Lipinski definition) is 2. The first-order chi connectivity index (χ1) is 6.97. The molecular weight excluding hydrogens is 338 g/mol. The van der Waals surface area contributed by atoms with E-state index in [9.17, 15) is 0 Å². The Kier molecular flexibility index (Phi) is 5.29. The molecule has 0 bridgehead atoms. The molecule has 2 unspecified atom stereocenters. The van der Waals surface area contributed by atoms with Crippen LogP contribution in [0.5, 0.6) is 0 Å². The summed E-state index contributed by atoms with van der Waals surface area (Å²) in [5.41, 5.74) is 0. The Morgan fingerprint density at radius 3 is 2.20 bits per heavy atom. The van der Waals surface area contributed by atoms with Gasteiger partial charge in [0, 0.05) is 15.4 Å². The van der Waals surface area contributed by atoms with Gasteiger partial charge in [0.2, 0.25) is 0 Å². The van der Waals surface area contributed by atoms with Crippen molar-refractivity contribution in [1.29, 1.82) is 0 Å². The molecule has 2 atom stereocenters. The Bertz CT molecular complexity index is 303. The van der Waals surface area contributed by atoms with Gasteiger partial charge in [-0.2, -0.15) is 0 Å². The van der Waals surface area contributed by atoms with Gasteiger partial charge in [-0.1, -0.05) is 20.8 Å². The van der Waals surface area contributed by atoms with Gasteiger partial charge in [-0.25, -0.2) is 0 Å². The molecule has 0 spiro atoms. The molecule has 1 N–H and O–H groups in total. The molecule has 15 heavy (non-hydrogen) atoms. The maximum absolute atomic E-state index is 3.54. The van der Waals surface area contributed by atoms with Gasteiger partial charge in [0.25, 0.3) is 0 Å². The molecule has 0 aromatic carbocycles. The molecule has 1 heterocycles. The topological polar surface area (TPSA) is 12.0 Å². The Hall–Kier alpha value is 0.620. The van der Waals surface area contributed by atoms with Gasteiger partial charge in [-0.3, -0.25) is 0 Å². The van der Waals surface area contributed by atoms with Crippen LogP contribution in [-0.2, 0) is 0 Å². The summed E-state index contributed by atoms with van der Waals surface area (Å²) in [6.45, 7) is 6.84. The molecule has 0 saturated heterocycles. The first kappa shape index (κ1) is 13.7. The SMILES string of the molecule is CNC(c1cc(Br)c(Br)s1)C(C)C(C)C. The van der Waals surface area contributed by atoms with Crippen molar-refractivity contribution in [3.63, 3.8) is 0 Å². The Morgan fingerprint density at radius 2 is 1.87 bits per heavy atom. The van der Waals surface area contributed by atoms with Gasteiger partial charge in [-0.05, 0) is 56.8 Å². The summed E-state index contributed by atoms with van der Waals surface area (Å²) in [5, 5.41) is 3.41. The highest BCUT2D eigenvalue weighted by Crippen LogP contribution is 2.38. The van der Waals surface area contributed by atoms with Crippen LogP contribution in [0.1, 0.15) is 31.7 Å². The number of rotatable bonds is 4. The average Bonchev–Trinajstić information content (AvgIpc) is 2.47. The second-order valence-electron chi connectivity index (χ2n) is 4.14. The Balaban J connectivity index is 2.92. The summed E-state index contributed by atoms with van der Waals surface area (Å²) in [6, 6.07) is 2.65. The summed E-state index contributed by atoms with van der Waals surface area (Å²) in [4.78, 5) is 1.39. The zero-order chi connectivity index (χ0) is 11.6. The van der Waals surface area contributed by atoms with Gasteiger partial charge in [0.15, 0.2) is 0 Å². The van der Waals surface area contributed by atoms with Crippen LogP contribution in [0.15, 0.2) is 14.3 Å². The molecule has 1 nitrogen and oxygen atoms in total. The summed E-state index contributed by atoms with van der Waals surface area (Å²) in [5.74, 6) is 1.31. The number of hydrogen-bond donors (Lipinski definition) is 1. The monoisotopic (exact) mass is 353 g/mol. The van der Waals surface area contributed by atoms with Crippen LogP contribution in [0.3, 0.4) is 0 Å². The highest BCUT2D eigenvalue weighted by molar-refractivity contribution is 9.13. The standard InChI is InChI=1S/C11H17Br2NS/c1-6(2)7(3)10(14-4)9-5-8(12)11(13)15-9/h5-7,10,14H,1-4H3. The van der Waals surface area contributed by atoms with Crippen molar-refractivity contribution in [2.75, 3.05) is 7.05 Å². The van der Waals surface area contributed by atoms with Crippen LogP contribution in [0.2, 0.25) is 0 Å². The van der Waals surface area contributed by atoms with Crippen LogP contribution >= 0.6 is 43.2 Å². The van der Waals surface area contributed by atoms with Gasteiger partial charge in [0.05, 0.1) is 3.79 Å². The quantitative estimate of drug-likeness (QED) is 0.816. The fourth-order valence-corrected chi connectivity index (χ4v) is 3.88. The maximum Gasteiger partial charge on any atom is 0.0843 e. The largest absolute Gasteiger partial charge is 0.312 e. The van der Waals surface area contributed by atoms with E-state index < -0.39 is 0 Å². The number of thiophene rings is 1. The summed E-state index contributed by atoms with van der Waals surface area (Å²) in [6.07, 6.45) is 0. The Morgan fingerprint density at radius 1 is 1.27 bits per heavy atom. The van der Waals surface area contributed by atoms with E-state index in [-0.39, 0.29) is 0 Å².